The van der Waals surface area contributed by atoms with Gasteiger partial charge in [-0.15, -0.1) is 0 Å². The van der Waals surface area contributed by atoms with E-state index >= 15 is 0 Å². The normalized spacial score (nSPS) is 18.3. The maximum Gasteiger partial charge on any atom is 0.253 e. The van der Waals surface area contributed by atoms with Gasteiger partial charge in [0.1, 0.15) is 0 Å². The van der Waals surface area contributed by atoms with Crippen molar-refractivity contribution in [1.82, 2.24) is 5.32 Å². The Labute approximate surface area is 108 Å². The highest BCUT2D eigenvalue weighted by Crippen LogP contribution is 2.19. The molecule has 1 fully saturated rings. The van der Waals surface area contributed by atoms with Gasteiger partial charge < -0.3 is 10.4 Å². The van der Waals surface area contributed by atoms with E-state index in [0.717, 1.165) is 18.4 Å². The van der Waals surface area contributed by atoms with Crippen LogP contribution in [0.2, 0.25) is 0 Å². The third kappa shape index (κ3) is 3.33. The molecule has 3 nitrogen and oxygen atoms in total. The first kappa shape index (κ1) is 13.1. The molecule has 18 heavy (non-hydrogen) atoms. The van der Waals surface area contributed by atoms with Crippen molar-refractivity contribution >= 4 is 5.91 Å². The molecule has 0 saturated heterocycles. The number of hydrogen-bond donors (Lipinski definition) is 2. The Morgan fingerprint density at radius 2 is 1.83 bits per heavy atom. The van der Waals surface area contributed by atoms with E-state index in [1.54, 1.807) is 12.1 Å². The minimum absolute atomic E-state index is 0.242. The van der Waals surface area contributed by atoms with Gasteiger partial charge in [-0.05, 0) is 25.3 Å². The highest BCUT2D eigenvalue weighted by molar-refractivity contribution is 5.82. The van der Waals surface area contributed by atoms with Crippen LogP contribution in [0.4, 0.5) is 0 Å². The van der Waals surface area contributed by atoms with E-state index in [1.165, 1.54) is 19.3 Å². The van der Waals surface area contributed by atoms with Crippen molar-refractivity contribution in [2.75, 3.05) is 0 Å². The molecule has 1 aromatic rings. The molecular formula is C15H21NO2. The molecule has 98 valence electrons. The average molecular weight is 247 g/mol. The van der Waals surface area contributed by atoms with E-state index in [0.29, 0.717) is 5.56 Å². The molecule has 1 aromatic carbocycles. The molecular weight excluding hydrogens is 226 g/mol. The molecule has 0 aliphatic heterocycles. The van der Waals surface area contributed by atoms with Crippen LogP contribution in [0.5, 0.6) is 0 Å². The maximum absolute atomic E-state index is 11.9. The molecule has 2 N–H and O–H groups in total. The van der Waals surface area contributed by atoms with Crippen LogP contribution in [0.1, 0.15) is 49.3 Å². The van der Waals surface area contributed by atoms with Gasteiger partial charge in [0.05, 0.1) is 0 Å². The van der Waals surface area contributed by atoms with Crippen molar-refractivity contribution in [2.24, 2.45) is 0 Å². The lowest BCUT2D eigenvalue weighted by Crippen LogP contribution is -2.39. The molecule has 1 atom stereocenters. The molecule has 0 spiro atoms. The number of nitrogens with one attached hydrogen (secondary N) is 1. The number of aliphatic hydroxyl groups excluding tert-OH is 1. The number of carbonyl (C=O) groups is 1. The summed E-state index contributed by atoms with van der Waals surface area (Å²) in [6.45, 7) is 1.98. The number of hydrogen-bond acceptors (Lipinski definition) is 2. The van der Waals surface area contributed by atoms with Crippen LogP contribution < -0.4 is 5.32 Å². The highest BCUT2D eigenvalue weighted by Gasteiger charge is 2.21. The molecule has 0 heterocycles. The summed E-state index contributed by atoms with van der Waals surface area (Å²) in [6.07, 6.45) is 4.62. The first-order valence-electron chi connectivity index (χ1n) is 6.72. The Morgan fingerprint density at radius 1 is 1.22 bits per heavy atom. The Bertz CT molecular complexity index is 393. The molecule has 1 amide bonds. The summed E-state index contributed by atoms with van der Waals surface area (Å²) in [5.74, 6) is -0.272. The number of benzene rings is 1. The first-order chi connectivity index (χ1) is 8.66. The minimum atomic E-state index is -1.05. The minimum Gasteiger partial charge on any atom is -0.378 e. The number of amides is 1. The van der Waals surface area contributed by atoms with Gasteiger partial charge in [-0.3, -0.25) is 4.79 Å². The smallest absolute Gasteiger partial charge is 0.253 e. The number of carbonyl (C=O) groups excluding carboxylic acids is 1. The monoisotopic (exact) mass is 247 g/mol. The Hall–Kier alpha value is -1.35. The zero-order chi connectivity index (χ0) is 13.0. The molecule has 1 aliphatic rings. The zero-order valence-corrected chi connectivity index (χ0v) is 10.9. The van der Waals surface area contributed by atoms with Gasteiger partial charge in [0.15, 0.2) is 6.10 Å². The van der Waals surface area contributed by atoms with Gasteiger partial charge in [0.2, 0.25) is 0 Å². The zero-order valence-electron chi connectivity index (χ0n) is 10.9. The van der Waals surface area contributed by atoms with Gasteiger partial charge in [0.25, 0.3) is 5.91 Å². The Balaban J connectivity index is 1.93. The second-order valence-corrected chi connectivity index (χ2v) is 5.16. The van der Waals surface area contributed by atoms with Crippen LogP contribution in [0.25, 0.3) is 0 Å². The van der Waals surface area contributed by atoms with E-state index in [1.807, 2.05) is 19.1 Å². The number of aryl methyl sites for hydroxylation is 1. The van der Waals surface area contributed by atoms with Crippen molar-refractivity contribution in [1.29, 1.82) is 0 Å². The van der Waals surface area contributed by atoms with E-state index in [9.17, 15) is 9.90 Å². The second-order valence-electron chi connectivity index (χ2n) is 5.16. The summed E-state index contributed by atoms with van der Waals surface area (Å²) in [4.78, 5) is 11.9. The fraction of sp³-hybridized carbons (Fsp3) is 0.533. The summed E-state index contributed by atoms with van der Waals surface area (Å²) in [7, 11) is 0. The van der Waals surface area contributed by atoms with Crippen LogP contribution >= 0.6 is 0 Å². The number of aliphatic hydroxyl groups is 1. The van der Waals surface area contributed by atoms with Crippen LogP contribution in [0.15, 0.2) is 24.3 Å². The fourth-order valence-corrected chi connectivity index (χ4v) is 2.43. The van der Waals surface area contributed by atoms with E-state index in [-0.39, 0.29) is 11.9 Å². The average Bonchev–Trinajstić information content (AvgIpc) is 2.40. The van der Waals surface area contributed by atoms with Crippen molar-refractivity contribution in [3.63, 3.8) is 0 Å². The van der Waals surface area contributed by atoms with Gasteiger partial charge in [0, 0.05) is 6.04 Å². The quantitative estimate of drug-likeness (QED) is 0.862. The lowest BCUT2D eigenvalue weighted by atomic mass is 9.95. The summed E-state index contributed by atoms with van der Waals surface area (Å²) < 4.78 is 0. The van der Waals surface area contributed by atoms with Crippen LogP contribution in [-0.2, 0) is 4.79 Å². The SMILES string of the molecule is Cc1ccc(C(O)C(=O)NC2CCCCC2)cc1. The fourth-order valence-electron chi connectivity index (χ4n) is 2.43. The molecule has 1 saturated carbocycles. The molecule has 0 bridgehead atoms. The van der Waals surface area contributed by atoms with E-state index in [4.69, 9.17) is 0 Å². The standard InChI is InChI=1S/C15H21NO2/c1-11-7-9-12(10-8-11)14(17)15(18)16-13-5-3-2-4-6-13/h7-10,13-14,17H,2-6H2,1H3,(H,16,18). The van der Waals surface area contributed by atoms with Crippen LogP contribution in [-0.4, -0.2) is 17.1 Å². The maximum atomic E-state index is 11.9. The summed E-state index contributed by atoms with van der Waals surface area (Å²) >= 11 is 0. The van der Waals surface area contributed by atoms with Crippen molar-refractivity contribution in [3.05, 3.63) is 35.4 Å². The summed E-state index contributed by atoms with van der Waals surface area (Å²) in [5.41, 5.74) is 1.78. The molecule has 2 rings (SSSR count). The lowest BCUT2D eigenvalue weighted by Gasteiger charge is -2.24. The number of rotatable bonds is 3. The topological polar surface area (TPSA) is 49.3 Å². The Morgan fingerprint density at radius 3 is 2.44 bits per heavy atom. The molecule has 3 heteroatoms. The summed E-state index contributed by atoms with van der Waals surface area (Å²) in [5, 5.41) is 12.9. The lowest BCUT2D eigenvalue weighted by molar-refractivity contribution is -0.130. The molecule has 1 aliphatic carbocycles. The predicted molar refractivity (Wildman–Crippen MR) is 71.2 cm³/mol. The summed E-state index contributed by atoms with van der Waals surface area (Å²) in [6, 6.07) is 7.67. The predicted octanol–water partition coefficient (Wildman–Crippen LogP) is 2.48. The third-order valence-electron chi connectivity index (χ3n) is 3.59. The third-order valence-corrected chi connectivity index (χ3v) is 3.59. The van der Waals surface area contributed by atoms with Crippen molar-refractivity contribution in [2.45, 2.75) is 51.2 Å². The van der Waals surface area contributed by atoms with Gasteiger partial charge in [-0.2, -0.15) is 0 Å². The van der Waals surface area contributed by atoms with E-state index < -0.39 is 6.10 Å². The highest BCUT2D eigenvalue weighted by atomic mass is 16.3. The van der Waals surface area contributed by atoms with E-state index in [2.05, 4.69) is 5.32 Å². The van der Waals surface area contributed by atoms with Gasteiger partial charge in [-0.25, -0.2) is 0 Å². The van der Waals surface area contributed by atoms with Crippen LogP contribution in [0.3, 0.4) is 0 Å². The first-order valence-corrected chi connectivity index (χ1v) is 6.72. The molecule has 1 unspecified atom stereocenters. The van der Waals surface area contributed by atoms with Crippen LogP contribution in [0, 0.1) is 6.92 Å². The largest absolute Gasteiger partial charge is 0.378 e. The molecule has 0 aromatic heterocycles. The van der Waals surface area contributed by atoms with Gasteiger partial charge >= 0.3 is 0 Å². The van der Waals surface area contributed by atoms with Crippen molar-refractivity contribution < 1.29 is 9.90 Å². The molecule has 0 radical (unpaired) electrons. The Kier molecular flexibility index (Phi) is 4.37. The van der Waals surface area contributed by atoms with Crippen molar-refractivity contribution in [3.8, 4) is 0 Å². The van der Waals surface area contributed by atoms with Gasteiger partial charge in [-0.1, -0.05) is 49.1 Å². The second kappa shape index (κ2) is 6.01.